The van der Waals surface area contributed by atoms with E-state index in [0.717, 1.165) is 35.4 Å². The fourth-order valence-corrected chi connectivity index (χ4v) is 3.43. The average molecular weight is 376 g/mol. The molecular formula is C21H20N4OS. The van der Waals surface area contributed by atoms with E-state index in [-0.39, 0.29) is 11.2 Å². The lowest BCUT2D eigenvalue weighted by molar-refractivity contribution is -0.120. The van der Waals surface area contributed by atoms with Gasteiger partial charge in [0, 0.05) is 17.2 Å². The number of carbonyl (C=O) groups is 1. The monoisotopic (exact) mass is 376 g/mol. The van der Waals surface area contributed by atoms with Gasteiger partial charge in [-0.2, -0.15) is 0 Å². The second kappa shape index (κ2) is 7.88. The quantitative estimate of drug-likeness (QED) is 0.660. The summed E-state index contributed by atoms with van der Waals surface area (Å²) in [5.41, 5.74) is 3.45. The van der Waals surface area contributed by atoms with E-state index >= 15 is 0 Å². The van der Waals surface area contributed by atoms with Gasteiger partial charge in [0.05, 0.1) is 5.25 Å². The van der Waals surface area contributed by atoms with Crippen LogP contribution in [-0.4, -0.2) is 32.4 Å². The summed E-state index contributed by atoms with van der Waals surface area (Å²) >= 11 is 1.34. The fourth-order valence-electron chi connectivity index (χ4n) is 2.71. The van der Waals surface area contributed by atoms with Crippen LogP contribution in [0.5, 0.6) is 0 Å². The highest BCUT2D eigenvalue weighted by Gasteiger charge is 2.26. The van der Waals surface area contributed by atoms with Gasteiger partial charge in [0.2, 0.25) is 11.1 Å². The van der Waals surface area contributed by atoms with Crippen molar-refractivity contribution < 1.29 is 4.79 Å². The number of thioether (sulfide) groups is 1. The molecule has 0 aliphatic heterocycles. The van der Waals surface area contributed by atoms with Crippen LogP contribution in [0.2, 0.25) is 0 Å². The van der Waals surface area contributed by atoms with E-state index in [1.54, 1.807) is 0 Å². The molecule has 2 aromatic carbocycles. The minimum absolute atomic E-state index is 0.0273. The van der Waals surface area contributed by atoms with Crippen molar-refractivity contribution in [1.29, 1.82) is 0 Å². The van der Waals surface area contributed by atoms with Gasteiger partial charge in [0.1, 0.15) is 11.4 Å². The van der Waals surface area contributed by atoms with E-state index in [1.165, 1.54) is 11.8 Å². The highest BCUT2D eigenvalue weighted by Crippen LogP contribution is 2.30. The van der Waals surface area contributed by atoms with Gasteiger partial charge in [-0.15, -0.1) is 10.2 Å². The predicted molar refractivity (Wildman–Crippen MR) is 107 cm³/mol. The number of benzene rings is 2. The van der Waals surface area contributed by atoms with Crippen molar-refractivity contribution >= 4 is 17.7 Å². The number of amides is 1. The minimum Gasteiger partial charge on any atom is -0.352 e. The van der Waals surface area contributed by atoms with Crippen molar-refractivity contribution in [1.82, 2.24) is 20.5 Å². The lowest BCUT2D eigenvalue weighted by Crippen LogP contribution is -2.32. The second-order valence-corrected chi connectivity index (χ2v) is 7.87. The van der Waals surface area contributed by atoms with Crippen molar-refractivity contribution in [2.45, 2.75) is 36.2 Å². The summed E-state index contributed by atoms with van der Waals surface area (Å²) in [6.07, 6.45) is 2.15. The lowest BCUT2D eigenvalue weighted by Gasteiger charge is -2.12. The van der Waals surface area contributed by atoms with Crippen molar-refractivity contribution in [3.05, 3.63) is 60.7 Å². The van der Waals surface area contributed by atoms with E-state index in [0.29, 0.717) is 11.2 Å². The zero-order valence-corrected chi connectivity index (χ0v) is 15.8. The number of aromatic nitrogens is 3. The third kappa shape index (κ3) is 4.34. The molecular weight excluding hydrogens is 356 g/mol. The van der Waals surface area contributed by atoms with Crippen LogP contribution in [0.1, 0.15) is 19.8 Å². The summed E-state index contributed by atoms with van der Waals surface area (Å²) in [5.74, 6) is 0.0273. The van der Waals surface area contributed by atoms with Crippen molar-refractivity contribution in [3.8, 4) is 22.5 Å². The van der Waals surface area contributed by atoms with Crippen molar-refractivity contribution in [3.63, 3.8) is 0 Å². The number of hydrogen-bond acceptors (Lipinski definition) is 5. The first-order chi connectivity index (χ1) is 13.2. The molecule has 1 amide bonds. The van der Waals surface area contributed by atoms with E-state index < -0.39 is 0 Å². The summed E-state index contributed by atoms with van der Waals surface area (Å²) < 4.78 is 0. The molecule has 1 atom stereocenters. The zero-order chi connectivity index (χ0) is 18.6. The van der Waals surface area contributed by atoms with E-state index in [4.69, 9.17) is 4.98 Å². The molecule has 1 aromatic heterocycles. The van der Waals surface area contributed by atoms with Gasteiger partial charge in [0.15, 0.2) is 0 Å². The molecule has 1 fully saturated rings. The van der Waals surface area contributed by atoms with Gasteiger partial charge in [-0.05, 0) is 19.8 Å². The highest BCUT2D eigenvalue weighted by atomic mass is 32.2. The number of nitrogens with zero attached hydrogens (tertiary/aromatic N) is 3. The Morgan fingerprint density at radius 1 is 0.963 bits per heavy atom. The Labute approximate surface area is 162 Å². The SMILES string of the molecule is C[C@H](Sc1nnc(-c2ccccc2)c(-c2ccccc2)n1)C(=O)NC1CC1. The third-order valence-electron chi connectivity index (χ3n) is 4.34. The Kier molecular flexibility index (Phi) is 5.16. The average Bonchev–Trinajstić information content (AvgIpc) is 3.53. The van der Waals surface area contributed by atoms with Gasteiger partial charge >= 0.3 is 0 Å². The molecule has 1 aliphatic rings. The Morgan fingerprint density at radius 3 is 2.15 bits per heavy atom. The number of hydrogen-bond donors (Lipinski definition) is 1. The van der Waals surface area contributed by atoms with Crippen LogP contribution in [-0.2, 0) is 4.79 Å². The fraction of sp³-hybridized carbons (Fsp3) is 0.238. The third-order valence-corrected chi connectivity index (χ3v) is 5.29. The minimum atomic E-state index is -0.265. The van der Waals surface area contributed by atoms with Crippen LogP contribution in [0, 0.1) is 0 Å². The van der Waals surface area contributed by atoms with Crippen LogP contribution in [0.3, 0.4) is 0 Å². The molecule has 1 saturated carbocycles. The highest BCUT2D eigenvalue weighted by molar-refractivity contribution is 8.00. The summed E-state index contributed by atoms with van der Waals surface area (Å²) in [5, 5.41) is 12.0. The first kappa shape index (κ1) is 17.7. The predicted octanol–water partition coefficient (Wildman–Crippen LogP) is 3.96. The molecule has 4 rings (SSSR count). The molecule has 1 heterocycles. The molecule has 0 radical (unpaired) electrons. The van der Waals surface area contributed by atoms with Crippen molar-refractivity contribution in [2.75, 3.05) is 0 Å². The van der Waals surface area contributed by atoms with Crippen molar-refractivity contribution in [2.24, 2.45) is 0 Å². The molecule has 0 unspecified atom stereocenters. The van der Waals surface area contributed by atoms with Crippen LogP contribution in [0.4, 0.5) is 0 Å². The first-order valence-corrected chi connectivity index (χ1v) is 9.91. The molecule has 0 saturated heterocycles. The summed E-state index contributed by atoms with van der Waals surface area (Å²) in [6.45, 7) is 1.87. The molecule has 1 N–H and O–H groups in total. The van der Waals surface area contributed by atoms with Crippen LogP contribution < -0.4 is 5.32 Å². The van der Waals surface area contributed by atoms with Crippen LogP contribution in [0.15, 0.2) is 65.8 Å². The van der Waals surface area contributed by atoms with Gasteiger partial charge in [-0.3, -0.25) is 4.79 Å². The molecule has 0 bridgehead atoms. The van der Waals surface area contributed by atoms with Gasteiger partial charge < -0.3 is 5.32 Å². The van der Waals surface area contributed by atoms with Gasteiger partial charge in [-0.1, -0.05) is 72.4 Å². The van der Waals surface area contributed by atoms with Crippen LogP contribution in [0.25, 0.3) is 22.5 Å². The molecule has 3 aromatic rings. The van der Waals surface area contributed by atoms with Gasteiger partial charge in [-0.25, -0.2) is 4.98 Å². The Morgan fingerprint density at radius 2 is 1.56 bits per heavy atom. The maximum Gasteiger partial charge on any atom is 0.233 e. The van der Waals surface area contributed by atoms with E-state index in [1.807, 2.05) is 67.6 Å². The Hall–Kier alpha value is -2.73. The normalized spacial score (nSPS) is 14.6. The summed E-state index contributed by atoms with van der Waals surface area (Å²) in [4.78, 5) is 17.0. The molecule has 1 aliphatic carbocycles. The standard InChI is InChI=1S/C21H20N4OS/c1-14(20(26)22-17-12-13-17)27-21-23-18(15-8-4-2-5-9-15)19(24-25-21)16-10-6-3-7-11-16/h2-11,14,17H,12-13H2,1H3,(H,22,26)/t14-/m0/s1. The zero-order valence-electron chi connectivity index (χ0n) is 15.0. The topological polar surface area (TPSA) is 67.8 Å². The lowest BCUT2D eigenvalue weighted by atomic mass is 10.0. The van der Waals surface area contributed by atoms with E-state index in [2.05, 4.69) is 15.5 Å². The second-order valence-electron chi connectivity index (χ2n) is 6.57. The Balaban J connectivity index is 1.65. The largest absolute Gasteiger partial charge is 0.352 e. The Bertz CT molecular complexity index is 929. The molecule has 5 nitrogen and oxygen atoms in total. The molecule has 27 heavy (non-hydrogen) atoms. The summed E-state index contributed by atoms with van der Waals surface area (Å²) in [7, 11) is 0. The maximum absolute atomic E-state index is 12.2. The number of carbonyl (C=O) groups excluding carboxylic acids is 1. The summed E-state index contributed by atoms with van der Waals surface area (Å²) in [6, 6.07) is 20.2. The maximum atomic E-state index is 12.2. The number of nitrogens with one attached hydrogen (secondary N) is 1. The first-order valence-electron chi connectivity index (χ1n) is 9.03. The molecule has 6 heteroatoms. The van der Waals surface area contributed by atoms with E-state index in [9.17, 15) is 4.79 Å². The number of rotatable bonds is 6. The molecule has 0 spiro atoms. The molecule has 136 valence electrons. The smallest absolute Gasteiger partial charge is 0.233 e. The van der Waals surface area contributed by atoms with Crippen LogP contribution >= 0.6 is 11.8 Å². The van der Waals surface area contributed by atoms with Gasteiger partial charge in [0.25, 0.3) is 0 Å².